The summed E-state index contributed by atoms with van der Waals surface area (Å²) in [6.07, 6.45) is 17.6. The highest BCUT2D eigenvalue weighted by Gasteiger charge is 2.59. The van der Waals surface area contributed by atoms with Gasteiger partial charge in [-0.05, 0) is 142 Å². The van der Waals surface area contributed by atoms with Gasteiger partial charge in [0.25, 0.3) is 0 Å². The zero-order valence-corrected chi connectivity index (χ0v) is 22.9. The van der Waals surface area contributed by atoms with Gasteiger partial charge in [0.15, 0.2) is 0 Å². The lowest BCUT2D eigenvalue weighted by molar-refractivity contribution is -0.0756. The van der Waals surface area contributed by atoms with E-state index in [4.69, 9.17) is 0 Å². The minimum absolute atomic E-state index is 0.293. The summed E-state index contributed by atoms with van der Waals surface area (Å²) >= 11 is 0. The number of aliphatic hydroxyl groups excluding tert-OH is 1. The van der Waals surface area contributed by atoms with E-state index in [9.17, 15) is 14.6 Å². The molecule has 5 aliphatic carbocycles. The largest absolute Gasteiger partial charge is 0.390 e. The van der Waals surface area contributed by atoms with Crippen LogP contribution in [0, 0.1) is 40.4 Å². The van der Waals surface area contributed by atoms with Crippen LogP contribution in [0.25, 0.3) is 0 Å². The van der Waals surface area contributed by atoms with Gasteiger partial charge in [-0.25, -0.2) is 4.39 Å². The Kier molecular flexibility index (Phi) is 7.10. The number of halogens is 1. The first-order chi connectivity index (χ1) is 16.6. The number of hydrogen-bond acceptors (Lipinski definition) is 2. The van der Waals surface area contributed by atoms with Gasteiger partial charge >= 0.3 is 0 Å². The molecule has 0 aromatic rings. The molecule has 35 heavy (non-hydrogen) atoms. The van der Waals surface area contributed by atoms with E-state index in [1.807, 2.05) is 0 Å². The Morgan fingerprint density at radius 1 is 1.06 bits per heavy atom. The number of allylic oxidation sites excluding steroid dienone is 2. The van der Waals surface area contributed by atoms with Gasteiger partial charge in [-0.1, -0.05) is 39.3 Å². The number of alkyl halides is 1. The van der Waals surface area contributed by atoms with Crippen LogP contribution in [0.5, 0.6) is 0 Å². The lowest BCUT2D eigenvalue weighted by Crippen LogP contribution is -2.52. The van der Waals surface area contributed by atoms with Crippen molar-refractivity contribution in [3.63, 3.8) is 0 Å². The smallest absolute Gasteiger partial charge is 0.119 e. The molecule has 0 radical (unpaired) electrons. The van der Waals surface area contributed by atoms with Gasteiger partial charge < -0.3 is 10.2 Å². The summed E-state index contributed by atoms with van der Waals surface area (Å²) < 4.78 is 13.8. The number of rotatable bonds is 6. The highest BCUT2D eigenvalue weighted by Crippen LogP contribution is 2.67. The molecule has 10 atom stereocenters. The third-order valence-electron chi connectivity index (χ3n) is 12.3. The molecular formula is C32H51FO2. The molecule has 198 valence electrons. The first kappa shape index (κ1) is 26.0. The highest BCUT2D eigenvalue weighted by atomic mass is 19.1. The first-order valence-electron chi connectivity index (χ1n) is 15.0. The SMILES string of the molecule is CC[C@]1(O)CC[C@@]2(C)C(=CCC3[C@@H]4CC[C@H]([C@H](C)CC[C@@H](O)C5=CC(F)CCC5)C4(C)CC[C@@H]32)C1. The molecule has 0 spiro atoms. The van der Waals surface area contributed by atoms with E-state index >= 15 is 0 Å². The zero-order chi connectivity index (χ0) is 25.0. The molecule has 0 amide bonds. The molecule has 0 bridgehead atoms. The molecule has 3 fully saturated rings. The fourth-order valence-electron chi connectivity index (χ4n) is 9.97. The van der Waals surface area contributed by atoms with Crippen LogP contribution in [0.1, 0.15) is 118 Å². The Balaban J connectivity index is 1.26. The predicted octanol–water partition coefficient (Wildman–Crippen LogP) is 7.93. The van der Waals surface area contributed by atoms with Crippen molar-refractivity contribution >= 4 is 0 Å². The van der Waals surface area contributed by atoms with E-state index in [2.05, 4.69) is 33.8 Å². The molecule has 0 aromatic heterocycles. The monoisotopic (exact) mass is 486 g/mol. The van der Waals surface area contributed by atoms with Crippen molar-refractivity contribution in [3.05, 3.63) is 23.3 Å². The minimum atomic E-state index is -0.859. The molecule has 3 saturated carbocycles. The summed E-state index contributed by atoms with van der Waals surface area (Å²) in [5.41, 5.74) is 2.76. The van der Waals surface area contributed by atoms with E-state index in [0.717, 1.165) is 80.6 Å². The topological polar surface area (TPSA) is 40.5 Å². The second-order valence-corrected chi connectivity index (χ2v) is 14.0. The van der Waals surface area contributed by atoms with E-state index < -0.39 is 17.9 Å². The van der Waals surface area contributed by atoms with Gasteiger partial charge in [0.05, 0.1) is 11.7 Å². The maximum atomic E-state index is 13.8. The fraction of sp³-hybridized carbons (Fsp3) is 0.875. The van der Waals surface area contributed by atoms with E-state index in [-0.39, 0.29) is 0 Å². The zero-order valence-electron chi connectivity index (χ0n) is 22.9. The highest BCUT2D eigenvalue weighted by molar-refractivity contribution is 5.27. The van der Waals surface area contributed by atoms with Crippen molar-refractivity contribution in [1.29, 1.82) is 0 Å². The lowest BCUT2D eigenvalue weighted by Gasteiger charge is -2.59. The van der Waals surface area contributed by atoms with Crippen LogP contribution in [0.2, 0.25) is 0 Å². The van der Waals surface area contributed by atoms with Gasteiger partial charge in [0, 0.05) is 0 Å². The summed E-state index contributed by atoms with van der Waals surface area (Å²) in [5, 5.41) is 21.8. The summed E-state index contributed by atoms with van der Waals surface area (Å²) in [4.78, 5) is 0. The second-order valence-electron chi connectivity index (χ2n) is 14.0. The molecular weight excluding hydrogens is 435 g/mol. The molecule has 0 saturated heterocycles. The van der Waals surface area contributed by atoms with Gasteiger partial charge in [-0.15, -0.1) is 0 Å². The van der Waals surface area contributed by atoms with E-state index in [1.165, 1.54) is 32.1 Å². The van der Waals surface area contributed by atoms with Crippen LogP contribution in [0.4, 0.5) is 4.39 Å². The molecule has 2 N–H and O–H groups in total. The fourth-order valence-corrected chi connectivity index (χ4v) is 9.97. The quantitative estimate of drug-likeness (QED) is 0.374. The predicted molar refractivity (Wildman–Crippen MR) is 142 cm³/mol. The summed E-state index contributed by atoms with van der Waals surface area (Å²) in [6.45, 7) is 9.71. The molecule has 0 aromatic carbocycles. The maximum absolute atomic E-state index is 13.8. The molecule has 0 aliphatic heterocycles. The molecule has 2 nitrogen and oxygen atoms in total. The Hall–Kier alpha value is -0.670. The normalized spacial score (nSPS) is 47.1. The third kappa shape index (κ3) is 4.49. The lowest BCUT2D eigenvalue weighted by atomic mass is 9.46. The Bertz CT molecular complexity index is 849. The van der Waals surface area contributed by atoms with Crippen LogP contribution in [-0.2, 0) is 0 Å². The standard InChI is InChI=1S/C32H51FO2/c1-5-32(35)18-17-30(3)23(20-32)10-11-25-27-13-12-26(31(27,4)16-15-28(25)30)21(2)9-14-29(34)22-7-6-8-24(33)19-22/h10,19,21,24-29,34-35H,5-9,11-18,20H2,1-4H3/t21-,24?,25?,26-,27+,28+,29-,30+,31?,32+/m1/s1. The Morgan fingerprint density at radius 3 is 2.60 bits per heavy atom. The molecule has 3 unspecified atom stereocenters. The molecule has 5 rings (SSSR count). The number of fused-ring (bicyclic) bond motifs is 5. The van der Waals surface area contributed by atoms with Gasteiger partial charge in [-0.2, -0.15) is 0 Å². The minimum Gasteiger partial charge on any atom is -0.390 e. The van der Waals surface area contributed by atoms with Crippen LogP contribution in [0.15, 0.2) is 23.3 Å². The Labute approximate surface area is 213 Å². The van der Waals surface area contributed by atoms with Crippen molar-refractivity contribution in [2.45, 2.75) is 135 Å². The maximum Gasteiger partial charge on any atom is 0.119 e. The average molecular weight is 487 g/mol. The van der Waals surface area contributed by atoms with Crippen molar-refractivity contribution in [2.75, 3.05) is 0 Å². The van der Waals surface area contributed by atoms with E-state index in [1.54, 1.807) is 11.6 Å². The van der Waals surface area contributed by atoms with Gasteiger partial charge in [0.2, 0.25) is 0 Å². The van der Waals surface area contributed by atoms with Crippen molar-refractivity contribution in [1.82, 2.24) is 0 Å². The van der Waals surface area contributed by atoms with Crippen LogP contribution in [0.3, 0.4) is 0 Å². The van der Waals surface area contributed by atoms with Crippen LogP contribution < -0.4 is 0 Å². The second kappa shape index (κ2) is 9.57. The van der Waals surface area contributed by atoms with E-state index in [0.29, 0.717) is 23.2 Å². The van der Waals surface area contributed by atoms with Gasteiger partial charge in [-0.3, -0.25) is 0 Å². The van der Waals surface area contributed by atoms with Crippen molar-refractivity contribution in [2.24, 2.45) is 40.4 Å². The van der Waals surface area contributed by atoms with Crippen LogP contribution in [-0.4, -0.2) is 28.1 Å². The van der Waals surface area contributed by atoms with Crippen LogP contribution >= 0.6 is 0 Å². The third-order valence-corrected chi connectivity index (χ3v) is 12.3. The average Bonchev–Trinajstić information content (AvgIpc) is 3.20. The summed E-state index contributed by atoms with van der Waals surface area (Å²) in [7, 11) is 0. The molecule has 5 aliphatic rings. The number of aliphatic hydroxyl groups is 2. The molecule has 0 heterocycles. The van der Waals surface area contributed by atoms with Gasteiger partial charge in [0.1, 0.15) is 6.17 Å². The summed E-state index contributed by atoms with van der Waals surface area (Å²) in [6, 6.07) is 0. The first-order valence-corrected chi connectivity index (χ1v) is 15.0. The van der Waals surface area contributed by atoms with Crippen molar-refractivity contribution < 1.29 is 14.6 Å². The molecule has 3 heteroatoms. The Morgan fingerprint density at radius 2 is 1.86 bits per heavy atom. The summed E-state index contributed by atoms with van der Waals surface area (Å²) in [5.74, 6) is 3.75. The number of hydrogen-bond donors (Lipinski definition) is 2. The van der Waals surface area contributed by atoms with Crippen molar-refractivity contribution in [3.8, 4) is 0 Å².